The molecule has 2 fully saturated rings. The van der Waals surface area contributed by atoms with Gasteiger partial charge in [-0.15, -0.1) is 0 Å². The van der Waals surface area contributed by atoms with Gasteiger partial charge in [0.25, 0.3) is 0 Å². The number of piperidine rings is 1. The molecule has 1 amide bonds. The maximum Gasteiger partial charge on any atom is 0.326 e. The highest BCUT2D eigenvalue weighted by Crippen LogP contribution is 2.28. The van der Waals surface area contributed by atoms with E-state index in [1.807, 2.05) is 0 Å². The standard InChI is InChI=1S/C13H22N2O3/c14-10-5-3-4-9(8-10)12(16)15-7-2-1-6-11(15)13(17)18/h9-11H,1-8,14H2,(H,17,18)/t9?,10?,11-/m1/s1. The molecular weight excluding hydrogens is 232 g/mol. The van der Waals surface area contributed by atoms with E-state index in [0.29, 0.717) is 19.4 Å². The molecule has 1 aliphatic carbocycles. The third kappa shape index (κ3) is 2.83. The molecule has 5 heteroatoms. The van der Waals surface area contributed by atoms with Gasteiger partial charge in [0.1, 0.15) is 6.04 Å². The average Bonchev–Trinajstić information content (AvgIpc) is 2.38. The van der Waals surface area contributed by atoms with E-state index in [-0.39, 0.29) is 17.9 Å². The van der Waals surface area contributed by atoms with E-state index in [9.17, 15) is 14.7 Å². The molecule has 0 aromatic heterocycles. The van der Waals surface area contributed by atoms with Gasteiger partial charge in [0.15, 0.2) is 0 Å². The monoisotopic (exact) mass is 254 g/mol. The van der Waals surface area contributed by atoms with Crippen molar-refractivity contribution < 1.29 is 14.7 Å². The average molecular weight is 254 g/mol. The summed E-state index contributed by atoms with van der Waals surface area (Å²) in [5.41, 5.74) is 5.90. The summed E-state index contributed by atoms with van der Waals surface area (Å²) >= 11 is 0. The molecule has 2 aliphatic rings. The molecule has 3 N–H and O–H groups in total. The maximum atomic E-state index is 12.4. The summed E-state index contributed by atoms with van der Waals surface area (Å²) in [5, 5.41) is 9.19. The molecule has 18 heavy (non-hydrogen) atoms. The van der Waals surface area contributed by atoms with Crippen molar-refractivity contribution in [2.75, 3.05) is 6.54 Å². The summed E-state index contributed by atoms with van der Waals surface area (Å²) in [6, 6.07) is -0.523. The van der Waals surface area contributed by atoms with Crippen molar-refractivity contribution in [3.05, 3.63) is 0 Å². The summed E-state index contributed by atoms with van der Waals surface area (Å²) in [6.45, 7) is 0.585. The highest BCUT2D eigenvalue weighted by atomic mass is 16.4. The second-order valence-electron chi connectivity index (χ2n) is 5.51. The van der Waals surface area contributed by atoms with Crippen LogP contribution < -0.4 is 5.73 Å². The van der Waals surface area contributed by atoms with Gasteiger partial charge in [-0.3, -0.25) is 4.79 Å². The van der Waals surface area contributed by atoms with Crippen molar-refractivity contribution in [2.24, 2.45) is 11.7 Å². The quantitative estimate of drug-likeness (QED) is 0.769. The van der Waals surface area contributed by atoms with Crippen molar-refractivity contribution in [3.63, 3.8) is 0 Å². The lowest BCUT2D eigenvalue weighted by Crippen LogP contribution is -2.51. The molecule has 0 aromatic carbocycles. The molecular formula is C13H22N2O3. The van der Waals surface area contributed by atoms with Crippen LogP contribution in [0.3, 0.4) is 0 Å². The van der Waals surface area contributed by atoms with Crippen LogP contribution in [0.25, 0.3) is 0 Å². The van der Waals surface area contributed by atoms with E-state index in [0.717, 1.165) is 32.1 Å². The van der Waals surface area contributed by atoms with E-state index in [2.05, 4.69) is 0 Å². The third-order valence-corrected chi connectivity index (χ3v) is 4.13. The molecule has 3 atom stereocenters. The van der Waals surface area contributed by atoms with Crippen LogP contribution in [-0.2, 0) is 9.59 Å². The highest BCUT2D eigenvalue weighted by Gasteiger charge is 2.36. The summed E-state index contributed by atoms with van der Waals surface area (Å²) < 4.78 is 0. The Morgan fingerprint density at radius 3 is 2.56 bits per heavy atom. The molecule has 2 rings (SSSR count). The first-order valence-corrected chi connectivity index (χ1v) is 6.88. The van der Waals surface area contributed by atoms with Crippen LogP contribution >= 0.6 is 0 Å². The second kappa shape index (κ2) is 5.69. The number of carbonyl (C=O) groups is 2. The minimum atomic E-state index is -0.872. The van der Waals surface area contributed by atoms with Gasteiger partial charge < -0.3 is 15.7 Å². The van der Waals surface area contributed by atoms with Crippen LogP contribution in [0.1, 0.15) is 44.9 Å². The minimum absolute atomic E-state index is 0.0113. The van der Waals surface area contributed by atoms with Gasteiger partial charge in [0, 0.05) is 18.5 Å². The lowest BCUT2D eigenvalue weighted by molar-refractivity contribution is -0.154. The summed E-state index contributed by atoms with van der Waals surface area (Å²) in [4.78, 5) is 25.2. The number of carbonyl (C=O) groups excluding carboxylic acids is 1. The second-order valence-corrected chi connectivity index (χ2v) is 5.51. The number of nitrogens with zero attached hydrogens (tertiary/aromatic N) is 1. The first-order chi connectivity index (χ1) is 8.59. The number of carboxylic acids is 1. The zero-order chi connectivity index (χ0) is 13.1. The Labute approximate surface area is 107 Å². The lowest BCUT2D eigenvalue weighted by Gasteiger charge is -2.37. The van der Waals surface area contributed by atoms with Crippen molar-refractivity contribution in [2.45, 2.75) is 57.0 Å². The topological polar surface area (TPSA) is 83.6 Å². The van der Waals surface area contributed by atoms with Crippen molar-refractivity contribution >= 4 is 11.9 Å². The van der Waals surface area contributed by atoms with E-state index in [1.165, 1.54) is 0 Å². The van der Waals surface area contributed by atoms with E-state index in [4.69, 9.17) is 5.73 Å². The van der Waals surface area contributed by atoms with E-state index in [1.54, 1.807) is 4.90 Å². The zero-order valence-electron chi connectivity index (χ0n) is 10.7. The van der Waals surface area contributed by atoms with Crippen LogP contribution in [0.2, 0.25) is 0 Å². The molecule has 102 valence electrons. The summed E-state index contributed by atoms with van der Waals surface area (Å²) in [6.07, 6.45) is 5.91. The van der Waals surface area contributed by atoms with Gasteiger partial charge in [0.2, 0.25) is 5.91 Å². The molecule has 5 nitrogen and oxygen atoms in total. The number of likely N-dealkylation sites (tertiary alicyclic amines) is 1. The van der Waals surface area contributed by atoms with Crippen LogP contribution in [0.15, 0.2) is 0 Å². The predicted octanol–water partition coefficient (Wildman–Crippen LogP) is 0.970. The first kappa shape index (κ1) is 13.3. The number of amides is 1. The van der Waals surface area contributed by atoms with Crippen molar-refractivity contribution in [3.8, 4) is 0 Å². The highest BCUT2D eigenvalue weighted by molar-refractivity contribution is 5.85. The predicted molar refractivity (Wildman–Crippen MR) is 66.9 cm³/mol. The number of hydrogen-bond acceptors (Lipinski definition) is 3. The molecule has 1 heterocycles. The Hall–Kier alpha value is -1.10. The fraction of sp³-hybridized carbons (Fsp3) is 0.846. The first-order valence-electron chi connectivity index (χ1n) is 6.88. The Morgan fingerprint density at radius 1 is 1.11 bits per heavy atom. The normalized spacial score (nSPS) is 33.2. The largest absolute Gasteiger partial charge is 0.480 e. The fourth-order valence-electron chi connectivity index (χ4n) is 3.14. The molecule has 0 aromatic rings. The number of hydrogen-bond donors (Lipinski definition) is 2. The smallest absolute Gasteiger partial charge is 0.326 e. The Bertz CT molecular complexity index is 332. The number of rotatable bonds is 2. The molecule has 1 aliphatic heterocycles. The number of nitrogens with two attached hydrogens (primary N) is 1. The van der Waals surface area contributed by atoms with E-state index >= 15 is 0 Å². The minimum Gasteiger partial charge on any atom is -0.480 e. The molecule has 0 bridgehead atoms. The van der Waals surface area contributed by atoms with Gasteiger partial charge in [-0.2, -0.15) is 0 Å². The third-order valence-electron chi connectivity index (χ3n) is 4.13. The zero-order valence-corrected chi connectivity index (χ0v) is 10.7. The van der Waals surface area contributed by atoms with Gasteiger partial charge in [-0.1, -0.05) is 6.42 Å². The Morgan fingerprint density at radius 2 is 1.89 bits per heavy atom. The van der Waals surface area contributed by atoms with Gasteiger partial charge in [-0.05, 0) is 38.5 Å². The molecule has 0 spiro atoms. The summed E-state index contributed by atoms with van der Waals surface area (Å²) in [5.74, 6) is -0.922. The van der Waals surface area contributed by atoms with Crippen LogP contribution in [0.4, 0.5) is 0 Å². The maximum absolute atomic E-state index is 12.4. The number of carboxylic acid groups (broad SMARTS) is 1. The van der Waals surface area contributed by atoms with E-state index < -0.39 is 12.0 Å². The molecule has 2 unspecified atom stereocenters. The molecule has 1 saturated heterocycles. The SMILES string of the molecule is NC1CCCC(C(=O)N2CCCC[C@@H]2C(=O)O)C1. The molecule has 1 saturated carbocycles. The molecule has 0 radical (unpaired) electrons. The van der Waals surface area contributed by atoms with Gasteiger partial charge in [0.05, 0.1) is 0 Å². The number of aliphatic carboxylic acids is 1. The van der Waals surface area contributed by atoms with Crippen LogP contribution in [0, 0.1) is 5.92 Å². The Kier molecular flexibility index (Phi) is 4.22. The fourth-order valence-corrected chi connectivity index (χ4v) is 3.14. The Balaban J connectivity index is 2.03. The van der Waals surface area contributed by atoms with Gasteiger partial charge >= 0.3 is 5.97 Å². The lowest BCUT2D eigenvalue weighted by atomic mass is 9.84. The van der Waals surface area contributed by atoms with Crippen molar-refractivity contribution in [1.82, 2.24) is 4.90 Å². The van der Waals surface area contributed by atoms with Crippen LogP contribution in [0.5, 0.6) is 0 Å². The van der Waals surface area contributed by atoms with Crippen LogP contribution in [-0.4, -0.2) is 40.5 Å². The summed E-state index contributed by atoms with van der Waals surface area (Å²) in [7, 11) is 0. The van der Waals surface area contributed by atoms with Gasteiger partial charge in [-0.25, -0.2) is 4.79 Å². The van der Waals surface area contributed by atoms with Crippen molar-refractivity contribution in [1.29, 1.82) is 0 Å².